The molecule has 0 fully saturated rings. The van der Waals surface area contributed by atoms with Crippen LogP contribution in [-0.2, 0) is 9.47 Å². The molecule has 0 rings (SSSR count). The van der Waals surface area contributed by atoms with E-state index in [4.69, 9.17) is 22.8 Å². The minimum Gasteiger partial charge on any atom is -0.449 e. The second-order valence-electron chi connectivity index (χ2n) is 3.91. The molecule has 0 radical (unpaired) electrons. The molecule has 0 aromatic heterocycles. The summed E-state index contributed by atoms with van der Waals surface area (Å²) in [5.41, 5.74) is 3.26. The summed E-state index contributed by atoms with van der Waals surface area (Å²) < 4.78 is 75.9. The lowest BCUT2D eigenvalue weighted by atomic mass is 9.87. The van der Waals surface area contributed by atoms with E-state index < -0.39 is 50.5 Å². The summed E-state index contributed by atoms with van der Waals surface area (Å²) in [6, 6.07) is -3.33. The molecule has 0 saturated heterocycles. The van der Waals surface area contributed by atoms with E-state index in [-0.39, 0.29) is 6.42 Å². The molecule has 0 aliphatic heterocycles. The fraction of sp³-hybridized carbons (Fsp3) is 0.833. The van der Waals surface area contributed by atoms with Crippen LogP contribution in [0.25, 0.3) is 0 Å². The van der Waals surface area contributed by atoms with E-state index in [0.29, 0.717) is 6.42 Å². The predicted molar refractivity (Wildman–Crippen MR) is 68.2 cm³/mol. The summed E-state index contributed by atoms with van der Waals surface area (Å²) in [6.07, 6.45) is -2.46. The SMILES string of the molecule is [2H]C([2H])([2H])C([2H])(NC(=O)OCC(C)(CCC)C([2H])([2H])OC(N)=O)C([2H])([2H])[2H]. The van der Waals surface area contributed by atoms with Gasteiger partial charge in [0.2, 0.25) is 0 Å². The van der Waals surface area contributed by atoms with Gasteiger partial charge in [-0.15, -0.1) is 0 Å². The third kappa shape index (κ3) is 7.76. The Bertz CT molecular complexity index is 536. The van der Waals surface area contributed by atoms with Gasteiger partial charge in [-0.25, -0.2) is 9.59 Å². The number of nitrogens with one attached hydrogen (secondary N) is 1. The molecule has 0 spiro atoms. The van der Waals surface area contributed by atoms with Crippen LogP contribution < -0.4 is 11.1 Å². The van der Waals surface area contributed by atoms with Crippen LogP contribution in [-0.4, -0.2) is 31.4 Å². The van der Waals surface area contributed by atoms with Crippen molar-refractivity contribution in [1.82, 2.24) is 5.32 Å². The molecule has 0 aromatic carbocycles. The summed E-state index contributed by atoms with van der Waals surface area (Å²) in [6.45, 7) is -7.14. The number of carbonyl (C=O) groups is 2. The molecule has 0 bridgehead atoms. The highest BCUT2D eigenvalue weighted by atomic mass is 16.6. The van der Waals surface area contributed by atoms with Crippen molar-refractivity contribution in [3.8, 4) is 0 Å². The standard InChI is InChI=1S/C12H24N2O4/c1-5-6-12(4,7-17-10(13)15)8-18-11(16)14-9(2)3/h9H,5-8H2,1-4H3,(H2,13,15)(H,14,16)/i2D3,3D3,7D2,9D. The molecule has 3 N–H and O–H groups in total. The van der Waals surface area contributed by atoms with Crippen molar-refractivity contribution in [2.45, 2.75) is 46.4 Å². The van der Waals surface area contributed by atoms with E-state index >= 15 is 0 Å². The van der Waals surface area contributed by atoms with Crippen LogP contribution in [0.2, 0.25) is 0 Å². The fourth-order valence-corrected chi connectivity index (χ4v) is 1.24. The summed E-state index contributed by atoms with van der Waals surface area (Å²) in [4.78, 5) is 22.8. The summed E-state index contributed by atoms with van der Waals surface area (Å²) in [5.74, 6) is 0. The number of hydrogen-bond donors (Lipinski definition) is 2. The Morgan fingerprint density at radius 1 is 1.56 bits per heavy atom. The van der Waals surface area contributed by atoms with Gasteiger partial charge in [0.1, 0.15) is 13.2 Å². The lowest BCUT2D eigenvalue weighted by molar-refractivity contribution is 0.0333. The van der Waals surface area contributed by atoms with Gasteiger partial charge >= 0.3 is 12.2 Å². The van der Waals surface area contributed by atoms with Crippen LogP contribution in [0.5, 0.6) is 0 Å². The lowest BCUT2D eigenvalue weighted by Crippen LogP contribution is -2.37. The van der Waals surface area contributed by atoms with Gasteiger partial charge in [-0.1, -0.05) is 20.3 Å². The second kappa shape index (κ2) is 7.79. The highest BCUT2D eigenvalue weighted by molar-refractivity contribution is 5.67. The highest BCUT2D eigenvalue weighted by Crippen LogP contribution is 2.24. The van der Waals surface area contributed by atoms with Crippen molar-refractivity contribution in [3.63, 3.8) is 0 Å². The van der Waals surface area contributed by atoms with E-state index in [1.54, 1.807) is 6.92 Å². The van der Waals surface area contributed by atoms with Crippen molar-refractivity contribution in [3.05, 3.63) is 0 Å². The van der Waals surface area contributed by atoms with Crippen LogP contribution in [0.3, 0.4) is 0 Å². The molecule has 0 saturated carbocycles. The minimum atomic E-state index is -3.40. The van der Waals surface area contributed by atoms with E-state index in [0.717, 1.165) is 0 Å². The Morgan fingerprint density at radius 3 is 2.72 bits per heavy atom. The zero-order valence-corrected chi connectivity index (χ0v) is 10.3. The van der Waals surface area contributed by atoms with Crippen LogP contribution in [0.15, 0.2) is 0 Å². The Balaban J connectivity index is 5.41. The number of primary amides is 1. The summed E-state index contributed by atoms with van der Waals surface area (Å²) in [5, 5.41) is 1.51. The Morgan fingerprint density at radius 2 is 2.22 bits per heavy atom. The molecule has 1 unspecified atom stereocenters. The fourth-order valence-electron chi connectivity index (χ4n) is 1.24. The average Bonchev–Trinajstić information content (AvgIpc) is 2.41. The van der Waals surface area contributed by atoms with Gasteiger partial charge in [0.05, 0.1) is 4.11 Å². The molecule has 0 aliphatic rings. The molecule has 18 heavy (non-hydrogen) atoms. The summed E-state index contributed by atoms with van der Waals surface area (Å²) >= 11 is 0. The van der Waals surface area contributed by atoms with Crippen molar-refractivity contribution in [1.29, 1.82) is 0 Å². The first kappa shape index (κ1) is 6.63. The minimum absolute atomic E-state index is 0.0745. The number of rotatable bonds is 7. The molecule has 6 heteroatoms. The molecular weight excluding hydrogens is 236 g/mol. The maximum absolute atomic E-state index is 11.9. The first-order valence-electron chi connectivity index (χ1n) is 9.76. The van der Waals surface area contributed by atoms with Gasteiger partial charge < -0.3 is 20.5 Å². The molecule has 0 aromatic rings. The van der Waals surface area contributed by atoms with Crippen LogP contribution in [0.4, 0.5) is 9.59 Å². The van der Waals surface area contributed by atoms with Gasteiger partial charge in [0.15, 0.2) is 0 Å². The largest absolute Gasteiger partial charge is 0.449 e. The zero-order chi connectivity index (χ0) is 21.9. The number of nitrogens with two attached hydrogens (primary N) is 1. The predicted octanol–water partition coefficient (Wildman–Crippen LogP) is 2.02. The van der Waals surface area contributed by atoms with Gasteiger partial charge in [-0.3, -0.25) is 0 Å². The normalized spacial score (nSPS) is 24.0. The first-order valence-corrected chi connectivity index (χ1v) is 5.26. The van der Waals surface area contributed by atoms with E-state index in [1.165, 1.54) is 12.2 Å². The molecule has 0 heterocycles. The molecular formula is C12H24N2O4. The maximum Gasteiger partial charge on any atom is 0.407 e. The van der Waals surface area contributed by atoms with Gasteiger partial charge in [0, 0.05) is 19.7 Å². The van der Waals surface area contributed by atoms with E-state index in [9.17, 15) is 9.59 Å². The first-order chi connectivity index (χ1) is 11.8. The number of carbonyl (C=O) groups excluding carboxylic acids is 2. The number of hydrogen-bond acceptors (Lipinski definition) is 4. The van der Waals surface area contributed by atoms with Crippen molar-refractivity contribution >= 4 is 12.2 Å². The number of alkyl carbamates (subject to hydrolysis) is 1. The second-order valence-corrected chi connectivity index (χ2v) is 3.91. The van der Waals surface area contributed by atoms with Gasteiger partial charge in [-0.2, -0.15) is 0 Å². The maximum atomic E-state index is 11.9. The van der Waals surface area contributed by atoms with Crippen molar-refractivity contribution in [2.24, 2.45) is 11.1 Å². The van der Waals surface area contributed by atoms with Gasteiger partial charge in [0.25, 0.3) is 0 Å². The number of amides is 2. The van der Waals surface area contributed by atoms with Crippen LogP contribution in [0.1, 0.15) is 52.7 Å². The molecule has 2 amide bonds. The van der Waals surface area contributed by atoms with Crippen LogP contribution in [0, 0.1) is 5.41 Å². The molecule has 6 nitrogen and oxygen atoms in total. The third-order valence-electron chi connectivity index (χ3n) is 1.95. The Labute approximate surface area is 121 Å². The molecule has 106 valence electrons. The van der Waals surface area contributed by atoms with E-state index in [1.807, 2.05) is 0 Å². The quantitative estimate of drug-likeness (QED) is 0.739. The van der Waals surface area contributed by atoms with E-state index in [2.05, 4.69) is 4.74 Å². The van der Waals surface area contributed by atoms with Crippen LogP contribution >= 0.6 is 0 Å². The topological polar surface area (TPSA) is 90.7 Å². The Kier molecular flexibility index (Phi) is 2.87. The third-order valence-corrected chi connectivity index (χ3v) is 1.95. The average molecular weight is 269 g/mol. The highest BCUT2D eigenvalue weighted by Gasteiger charge is 2.27. The van der Waals surface area contributed by atoms with Crippen molar-refractivity contribution < 1.29 is 31.4 Å². The smallest absolute Gasteiger partial charge is 0.407 e. The van der Waals surface area contributed by atoms with Gasteiger partial charge in [-0.05, 0) is 20.1 Å². The monoisotopic (exact) mass is 269 g/mol. The zero-order valence-electron chi connectivity index (χ0n) is 19.3. The number of ether oxygens (including phenoxy) is 2. The summed E-state index contributed by atoms with van der Waals surface area (Å²) in [7, 11) is 0. The lowest BCUT2D eigenvalue weighted by Gasteiger charge is -2.27. The molecule has 0 aliphatic carbocycles. The van der Waals surface area contributed by atoms with Crippen molar-refractivity contribution in [2.75, 3.05) is 13.2 Å². The molecule has 1 atom stereocenters. The Hall–Kier alpha value is -1.46.